The van der Waals surface area contributed by atoms with Crippen LogP contribution in [0.5, 0.6) is 0 Å². The summed E-state index contributed by atoms with van der Waals surface area (Å²) in [5.74, 6) is 0.274. The lowest BCUT2D eigenvalue weighted by atomic mass is 9.83. The van der Waals surface area contributed by atoms with Crippen LogP contribution in [0, 0.1) is 26.8 Å². The molecule has 0 bridgehead atoms. The normalized spacial score (nSPS) is 10.9. The molecule has 0 amide bonds. The van der Waals surface area contributed by atoms with Crippen LogP contribution in [0.4, 0.5) is 0 Å². The average molecular weight is 285 g/mol. The van der Waals surface area contributed by atoms with Gasteiger partial charge in [-0.1, -0.05) is 77.9 Å². The van der Waals surface area contributed by atoms with Gasteiger partial charge in [-0.05, 0) is 49.1 Å². The summed E-state index contributed by atoms with van der Waals surface area (Å²) in [5, 5.41) is 0. The number of aryl methyl sites for hydroxylation is 3. The molecule has 0 aliphatic carbocycles. The van der Waals surface area contributed by atoms with E-state index in [1.54, 1.807) is 0 Å². The summed E-state index contributed by atoms with van der Waals surface area (Å²) in [6.45, 7) is 6.43. The van der Waals surface area contributed by atoms with E-state index in [0.29, 0.717) is 0 Å². The van der Waals surface area contributed by atoms with Crippen LogP contribution in [0.2, 0.25) is 0 Å². The zero-order valence-electron chi connectivity index (χ0n) is 13.4. The lowest BCUT2D eigenvalue weighted by Gasteiger charge is -2.21. The Balaban J connectivity index is 2.16. The zero-order chi connectivity index (χ0) is 15.5. The number of hydrogen-bond donors (Lipinski definition) is 0. The Morgan fingerprint density at radius 1 is 0.682 bits per heavy atom. The van der Waals surface area contributed by atoms with Crippen molar-refractivity contribution in [3.63, 3.8) is 0 Å². The van der Waals surface area contributed by atoms with Gasteiger partial charge in [0.25, 0.3) is 0 Å². The number of rotatable bonds is 3. The molecule has 0 saturated carbocycles. The maximum Gasteiger partial charge on any atom is 0.0342 e. The molecule has 0 unspecified atom stereocenters. The van der Waals surface area contributed by atoms with Gasteiger partial charge in [0.2, 0.25) is 0 Å². The summed E-state index contributed by atoms with van der Waals surface area (Å²) in [4.78, 5) is 0. The van der Waals surface area contributed by atoms with Crippen molar-refractivity contribution in [2.75, 3.05) is 0 Å². The summed E-state index contributed by atoms with van der Waals surface area (Å²) in [7, 11) is 0. The fourth-order valence-corrected chi connectivity index (χ4v) is 2.92. The standard InChI is InChI=1S/C22H21/c1-16-8-12-19(13-9-16)22(20-14-10-17(2)11-15-20)21-7-5-4-6-18(21)3/h5-15,22H,1-3H3. The first-order valence-corrected chi connectivity index (χ1v) is 7.75. The van der Waals surface area contributed by atoms with Crippen LogP contribution in [0.1, 0.15) is 39.3 Å². The van der Waals surface area contributed by atoms with E-state index in [0.717, 1.165) is 0 Å². The summed E-state index contributed by atoms with van der Waals surface area (Å²) < 4.78 is 0. The molecule has 0 aliphatic heterocycles. The molecule has 22 heavy (non-hydrogen) atoms. The maximum atomic E-state index is 3.18. The second-order valence-electron chi connectivity index (χ2n) is 6.04. The SMILES string of the molecule is Cc1ccc(C(c2ccc(C)cc2)c2cc[c]cc2C)cc1. The van der Waals surface area contributed by atoms with Crippen molar-refractivity contribution < 1.29 is 0 Å². The van der Waals surface area contributed by atoms with E-state index >= 15 is 0 Å². The van der Waals surface area contributed by atoms with Crippen molar-refractivity contribution >= 4 is 0 Å². The van der Waals surface area contributed by atoms with Crippen molar-refractivity contribution in [3.05, 3.63) is 106 Å². The lowest BCUT2D eigenvalue weighted by Crippen LogP contribution is -2.05. The van der Waals surface area contributed by atoms with Gasteiger partial charge in [-0.2, -0.15) is 0 Å². The molecule has 0 nitrogen and oxygen atoms in total. The van der Waals surface area contributed by atoms with E-state index in [-0.39, 0.29) is 5.92 Å². The molecule has 0 heterocycles. The van der Waals surface area contributed by atoms with E-state index in [4.69, 9.17) is 0 Å². The molecule has 0 atom stereocenters. The largest absolute Gasteiger partial charge is 0.0590 e. The highest BCUT2D eigenvalue weighted by atomic mass is 14.2. The van der Waals surface area contributed by atoms with Gasteiger partial charge in [-0.3, -0.25) is 0 Å². The maximum absolute atomic E-state index is 3.18. The molecule has 0 aliphatic rings. The van der Waals surface area contributed by atoms with Crippen molar-refractivity contribution in [2.45, 2.75) is 26.7 Å². The molecule has 3 rings (SSSR count). The van der Waals surface area contributed by atoms with Crippen molar-refractivity contribution in [1.29, 1.82) is 0 Å². The van der Waals surface area contributed by atoms with Crippen LogP contribution in [0.25, 0.3) is 0 Å². The topological polar surface area (TPSA) is 0 Å². The van der Waals surface area contributed by atoms with Gasteiger partial charge >= 0.3 is 0 Å². The van der Waals surface area contributed by atoms with E-state index in [1.165, 1.54) is 33.4 Å². The first-order valence-electron chi connectivity index (χ1n) is 7.75. The highest BCUT2D eigenvalue weighted by Gasteiger charge is 2.18. The van der Waals surface area contributed by atoms with Crippen molar-refractivity contribution in [3.8, 4) is 0 Å². The third kappa shape index (κ3) is 2.96. The average Bonchev–Trinajstić information content (AvgIpc) is 2.53. The Kier molecular flexibility index (Phi) is 4.11. The predicted octanol–water partition coefficient (Wildman–Crippen LogP) is 5.59. The second-order valence-corrected chi connectivity index (χ2v) is 6.04. The van der Waals surface area contributed by atoms with Crippen LogP contribution in [-0.2, 0) is 0 Å². The van der Waals surface area contributed by atoms with Crippen LogP contribution >= 0.6 is 0 Å². The van der Waals surface area contributed by atoms with Crippen molar-refractivity contribution in [1.82, 2.24) is 0 Å². The van der Waals surface area contributed by atoms with E-state index in [2.05, 4.69) is 87.5 Å². The smallest absolute Gasteiger partial charge is 0.0342 e. The summed E-state index contributed by atoms with van der Waals surface area (Å²) in [5.41, 5.74) is 7.90. The van der Waals surface area contributed by atoms with Crippen LogP contribution in [-0.4, -0.2) is 0 Å². The monoisotopic (exact) mass is 285 g/mol. The molecular formula is C22H21. The fourth-order valence-electron chi connectivity index (χ4n) is 2.92. The van der Waals surface area contributed by atoms with Gasteiger partial charge in [0, 0.05) is 5.92 Å². The first kappa shape index (κ1) is 14.6. The fraction of sp³-hybridized carbons (Fsp3) is 0.182. The van der Waals surface area contributed by atoms with Gasteiger partial charge in [0.1, 0.15) is 0 Å². The van der Waals surface area contributed by atoms with E-state index < -0.39 is 0 Å². The Morgan fingerprint density at radius 2 is 1.18 bits per heavy atom. The molecule has 109 valence electrons. The van der Waals surface area contributed by atoms with Gasteiger partial charge in [-0.25, -0.2) is 0 Å². The number of benzene rings is 3. The first-order chi connectivity index (χ1) is 10.6. The van der Waals surface area contributed by atoms with Crippen LogP contribution in [0.3, 0.4) is 0 Å². The molecule has 0 fully saturated rings. The summed E-state index contributed by atoms with van der Waals surface area (Å²) in [6.07, 6.45) is 0. The molecular weight excluding hydrogens is 264 g/mol. The Bertz CT molecular complexity index is 703. The molecule has 0 spiro atoms. The highest BCUT2D eigenvalue weighted by molar-refractivity contribution is 5.46. The highest BCUT2D eigenvalue weighted by Crippen LogP contribution is 2.33. The Hall–Kier alpha value is -2.34. The lowest BCUT2D eigenvalue weighted by molar-refractivity contribution is 0.960. The van der Waals surface area contributed by atoms with E-state index in [1.807, 2.05) is 6.07 Å². The Labute approximate surface area is 133 Å². The molecule has 0 aromatic heterocycles. The minimum atomic E-state index is 0.274. The molecule has 0 saturated heterocycles. The molecule has 1 radical (unpaired) electrons. The molecule has 0 heteroatoms. The van der Waals surface area contributed by atoms with Crippen molar-refractivity contribution in [2.24, 2.45) is 0 Å². The van der Waals surface area contributed by atoms with Gasteiger partial charge < -0.3 is 0 Å². The molecule has 0 N–H and O–H groups in total. The number of hydrogen-bond acceptors (Lipinski definition) is 0. The minimum Gasteiger partial charge on any atom is -0.0590 e. The third-order valence-electron chi connectivity index (χ3n) is 4.25. The second kappa shape index (κ2) is 6.19. The van der Waals surface area contributed by atoms with Gasteiger partial charge in [-0.15, -0.1) is 0 Å². The van der Waals surface area contributed by atoms with E-state index in [9.17, 15) is 0 Å². The Morgan fingerprint density at radius 3 is 1.64 bits per heavy atom. The summed E-state index contributed by atoms with van der Waals surface area (Å²) in [6, 6.07) is 27.2. The van der Waals surface area contributed by atoms with Crippen LogP contribution in [0.15, 0.2) is 66.7 Å². The molecule has 3 aromatic rings. The van der Waals surface area contributed by atoms with Gasteiger partial charge in [0.15, 0.2) is 0 Å². The minimum absolute atomic E-state index is 0.274. The predicted molar refractivity (Wildman–Crippen MR) is 93.3 cm³/mol. The quantitative estimate of drug-likeness (QED) is 0.550. The summed E-state index contributed by atoms with van der Waals surface area (Å²) >= 11 is 0. The van der Waals surface area contributed by atoms with Gasteiger partial charge in [0.05, 0.1) is 0 Å². The zero-order valence-corrected chi connectivity index (χ0v) is 13.4. The molecule has 3 aromatic carbocycles. The van der Waals surface area contributed by atoms with Crippen LogP contribution < -0.4 is 0 Å². The third-order valence-corrected chi connectivity index (χ3v) is 4.25.